The summed E-state index contributed by atoms with van der Waals surface area (Å²) in [4.78, 5) is 16.6. The number of thiophene rings is 1. The molecule has 1 N–H and O–H groups in total. The second-order valence-electron chi connectivity index (χ2n) is 6.79. The first-order valence-electron chi connectivity index (χ1n) is 9.13. The van der Waals surface area contributed by atoms with Crippen molar-refractivity contribution in [2.45, 2.75) is 30.5 Å². The molecular weight excluding hydrogens is 416 g/mol. The molecule has 0 unspecified atom stereocenters. The maximum absolute atomic E-state index is 13.1. The molecule has 29 heavy (non-hydrogen) atoms. The van der Waals surface area contributed by atoms with Gasteiger partial charge in [-0.2, -0.15) is 9.29 Å². The molecule has 4 heterocycles. The summed E-state index contributed by atoms with van der Waals surface area (Å²) >= 11 is 1.11. The minimum Gasteiger partial charge on any atom is -0.467 e. The summed E-state index contributed by atoms with van der Waals surface area (Å²) in [6, 6.07) is 5.07. The molecule has 0 bridgehead atoms. The second-order valence-corrected chi connectivity index (χ2v) is 9.87. The van der Waals surface area contributed by atoms with Gasteiger partial charge in [-0.15, -0.1) is 11.3 Å². The Kier molecular flexibility index (Phi) is 5.52. The third-order valence-electron chi connectivity index (χ3n) is 4.73. The molecule has 0 spiro atoms. The number of carbonyl (C=O) groups excluding carboxylic acids is 1. The van der Waals surface area contributed by atoms with Crippen molar-refractivity contribution in [2.24, 2.45) is 5.92 Å². The molecule has 4 rings (SSSR count). The predicted octanol–water partition coefficient (Wildman–Crippen LogP) is 2.42. The molecule has 1 aliphatic heterocycles. The Labute approximate surface area is 171 Å². The summed E-state index contributed by atoms with van der Waals surface area (Å²) in [5, 5.41) is 8.33. The van der Waals surface area contributed by atoms with Gasteiger partial charge in [0.05, 0.1) is 18.7 Å². The van der Waals surface area contributed by atoms with E-state index in [9.17, 15) is 13.2 Å². The number of aromatic nitrogens is 2. The van der Waals surface area contributed by atoms with Crippen molar-refractivity contribution in [1.82, 2.24) is 19.8 Å². The normalized spacial score (nSPS) is 18.0. The van der Waals surface area contributed by atoms with Gasteiger partial charge in [0.15, 0.2) is 0 Å². The van der Waals surface area contributed by atoms with Crippen LogP contribution in [0.3, 0.4) is 0 Å². The number of aryl methyl sites for hydroxylation is 1. The molecule has 1 aliphatic rings. The molecule has 0 saturated carbocycles. The average Bonchev–Trinajstić information content (AvgIpc) is 3.47. The third kappa shape index (κ3) is 4.26. The number of sulfonamides is 1. The van der Waals surface area contributed by atoms with Gasteiger partial charge in [0, 0.05) is 31.0 Å². The number of rotatable bonds is 6. The Balaban J connectivity index is 1.44. The zero-order valence-corrected chi connectivity index (χ0v) is 17.3. The van der Waals surface area contributed by atoms with Gasteiger partial charge >= 0.3 is 0 Å². The Bertz CT molecular complexity index is 1090. The summed E-state index contributed by atoms with van der Waals surface area (Å²) < 4.78 is 37.9. The van der Waals surface area contributed by atoms with Crippen LogP contribution in [0.1, 0.15) is 24.5 Å². The van der Waals surface area contributed by atoms with Crippen molar-refractivity contribution >= 4 is 27.3 Å². The molecule has 1 amide bonds. The van der Waals surface area contributed by atoms with Crippen LogP contribution in [0.25, 0.3) is 11.4 Å². The van der Waals surface area contributed by atoms with Crippen molar-refractivity contribution in [1.29, 1.82) is 0 Å². The summed E-state index contributed by atoms with van der Waals surface area (Å²) in [5.41, 5.74) is 0.593. The molecule has 0 aromatic carbocycles. The van der Waals surface area contributed by atoms with Crippen molar-refractivity contribution in [3.63, 3.8) is 0 Å². The van der Waals surface area contributed by atoms with Gasteiger partial charge in [-0.1, -0.05) is 5.16 Å². The Morgan fingerprint density at radius 3 is 3.03 bits per heavy atom. The Morgan fingerprint density at radius 2 is 2.31 bits per heavy atom. The highest BCUT2D eigenvalue weighted by molar-refractivity contribution is 7.91. The zero-order valence-electron chi connectivity index (χ0n) is 15.7. The lowest BCUT2D eigenvalue weighted by atomic mass is 9.99. The molecule has 9 nitrogen and oxygen atoms in total. The number of furan rings is 1. The molecule has 1 atom stereocenters. The van der Waals surface area contributed by atoms with E-state index in [4.69, 9.17) is 8.94 Å². The molecule has 154 valence electrons. The number of piperidine rings is 1. The number of hydrogen-bond acceptors (Lipinski definition) is 8. The second kappa shape index (κ2) is 8.09. The summed E-state index contributed by atoms with van der Waals surface area (Å²) in [6.07, 6.45) is 2.82. The fourth-order valence-electron chi connectivity index (χ4n) is 3.22. The van der Waals surface area contributed by atoms with Crippen LogP contribution in [0.4, 0.5) is 0 Å². The van der Waals surface area contributed by atoms with Crippen LogP contribution in [0.5, 0.6) is 0 Å². The van der Waals surface area contributed by atoms with Gasteiger partial charge in [0.1, 0.15) is 9.97 Å². The quantitative estimate of drug-likeness (QED) is 0.630. The number of nitrogens with zero attached hydrogens (tertiary/aromatic N) is 3. The lowest BCUT2D eigenvalue weighted by molar-refractivity contribution is -0.126. The minimum atomic E-state index is -3.70. The highest BCUT2D eigenvalue weighted by atomic mass is 32.2. The van der Waals surface area contributed by atoms with Crippen molar-refractivity contribution in [3.8, 4) is 11.4 Å². The van der Waals surface area contributed by atoms with Crippen molar-refractivity contribution in [3.05, 3.63) is 41.5 Å². The first-order valence-corrected chi connectivity index (χ1v) is 11.4. The first kappa shape index (κ1) is 19.8. The van der Waals surface area contributed by atoms with Gasteiger partial charge in [-0.05, 0) is 31.0 Å². The molecule has 3 aromatic rings. The van der Waals surface area contributed by atoms with Crippen LogP contribution in [-0.2, 0) is 21.4 Å². The van der Waals surface area contributed by atoms with E-state index in [-0.39, 0.29) is 23.2 Å². The van der Waals surface area contributed by atoms with Crippen LogP contribution in [0.15, 0.2) is 43.0 Å². The molecule has 0 radical (unpaired) electrons. The van der Waals surface area contributed by atoms with E-state index in [0.29, 0.717) is 42.4 Å². The fourth-order valence-corrected chi connectivity index (χ4v) is 6.05. The standard InChI is InChI=1S/C18H20N4O5S2/c1-12-20-17(21-27-12)14-8-16(28-11-14)29(24,25)22-6-2-4-13(10-22)18(23)19-9-15-5-3-7-26-15/h3,5,7-8,11,13H,2,4,6,9-10H2,1H3,(H,19,23)/t13-/m0/s1. The number of nitrogens with one attached hydrogen (secondary N) is 1. The van der Waals surface area contributed by atoms with Crippen LogP contribution in [0.2, 0.25) is 0 Å². The lowest BCUT2D eigenvalue weighted by Gasteiger charge is -2.30. The first-order chi connectivity index (χ1) is 13.9. The smallest absolute Gasteiger partial charge is 0.252 e. The lowest BCUT2D eigenvalue weighted by Crippen LogP contribution is -2.45. The number of amides is 1. The number of hydrogen-bond donors (Lipinski definition) is 1. The predicted molar refractivity (Wildman–Crippen MR) is 104 cm³/mol. The van der Waals surface area contributed by atoms with E-state index in [1.54, 1.807) is 36.8 Å². The Morgan fingerprint density at radius 1 is 1.45 bits per heavy atom. The minimum absolute atomic E-state index is 0.154. The van der Waals surface area contributed by atoms with Crippen molar-refractivity contribution in [2.75, 3.05) is 13.1 Å². The maximum Gasteiger partial charge on any atom is 0.252 e. The van der Waals surface area contributed by atoms with E-state index >= 15 is 0 Å². The van der Waals surface area contributed by atoms with Gasteiger partial charge in [0.25, 0.3) is 10.0 Å². The van der Waals surface area contributed by atoms with Gasteiger partial charge in [0.2, 0.25) is 17.6 Å². The van der Waals surface area contributed by atoms with E-state index < -0.39 is 15.9 Å². The van der Waals surface area contributed by atoms with Crippen LogP contribution in [0, 0.1) is 12.8 Å². The van der Waals surface area contributed by atoms with E-state index in [2.05, 4.69) is 15.5 Å². The Hall–Kier alpha value is -2.50. The molecule has 11 heteroatoms. The third-order valence-corrected chi connectivity index (χ3v) is 8.01. The summed E-state index contributed by atoms with van der Waals surface area (Å²) in [5.74, 6) is 0.855. The van der Waals surface area contributed by atoms with Gasteiger partial charge in [-0.3, -0.25) is 4.79 Å². The highest BCUT2D eigenvalue weighted by Gasteiger charge is 2.34. The van der Waals surface area contributed by atoms with Crippen LogP contribution in [-0.4, -0.2) is 41.9 Å². The summed E-state index contributed by atoms with van der Waals surface area (Å²) in [7, 11) is -3.70. The number of carbonyl (C=O) groups is 1. The average molecular weight is 437 g/mol. The fraction of sp³-hybridized carbons (Fsp3) is 0.389. The van der Waals surface area contributed by atoms with Gasteiger partial charge in [-0.25, -0.2) is 8.42 Å². The highest BCUT2D eigenvalue weighted by Crippen LogP contribution is 2.31. The van der Waals surface area contributed by atoms with Crippen LogP contribution < -0.4 is 5.32 Å². The van der Waals surface area contributed by atoms with E-state index in [0.717, 1.165) is 11.3 Å². The monoisotopic (exact) mass is 436 g/mol. The van der Waals surface area contributed by atoms with E-state index in [1.165, 1.54) is 4.31 Å². The van der Waals surface area contributed by atoms with Crippen LogP contribution >= 0.6 is 11.3 Å². The largest absolute Gasteiger partial charge is 0.467 e. The SMILES string of the molecule is Cc1nc(-c2csc(S(=O)(=O)N3CCC[C@H](C(=O)NCc4ccco4)C3)c2)no1. The molecule has 1 fully saturated rings. The summed E-state index contributed by atoms with van der Waals surface area (Å²) in [6.45, 7) is 2.50. The molecule has 0 aliphatic carbocycles. The molecule has 1 saturated heterocycles. The molecule has 3 aromatic heterocycles. The maximum atomic E-state index is 13.1. The molecular formula is C18H20N4O5S2. The topological polar surface area (TPSA) is 119 Å². The van der Waals surface area contributed by atoms with Gasteiger partial charge < -0.3 is 14.3 Å². The zero-order chi connectivity index (χ0) is 20.4. The van der Waals surface area contributed by atoms with Crippen molar-refractivity contribution < 1.29 is 22.2 Å². The van der Waals surface area contributed by atoms with E-state index in [1.807, 2.05) is 0 Å².